The number of nitrogens with one attached hydrogen (secondary N) is 1. The van der Waals surface area contributed by atoms with E-state index >= 15 is 0 Å². The van der Waals surface area contributed by atoms with Crippen molar-refractivity contribution >= 4 is 0 Å². The second-order valence-corrected chi connectivity index (χ2v) is 5.51. The summed E-state index contributed by atoms with van der Waals surface area (Å²) < 4.78 is 0. The first-order chi connectivity index (χ1) is 10.3. The highest BCUT2D eigenvalue weighted by atomic mass is 14.9. The van der Waals surface area contributed by atoms with E-state index in [0.29, 0.717) is 12.0 Å². The lowest BCUT2D eigenvalue weighted by molar-refractivity contribution is 0.416. The summed E-state index contributed by atoms with van der Waals surface area (Å²) in [5.41, 5.74) is 2.59. The third-order valence-electron chi connectivity index (χ3n) is 3.96. The molecule has 2 atom stereocenters. The van der Waals surface area contributed by atoms with Crippen molar-refractivity contribution in [1.29, 1.82) is 0 Å². The van der Waals surface area contributed by atoms with Crippen LogP contribution in [0.2, 0.25) is 0 Å². The molecule has 0 aliphatic carbocycles. The molecule has 1 N–H and O–H groups in total. The molecule has 1 heterocycles. The van der Waals surface area contributed by atoms with E-state index in [9.17, 15) is 0 Å². The molecule has 21 heavy (non-hydrogen) atoms. The minimum atomic E-state index is 0.437. The molecule has 2 rings (SSSR count). The molecule has 0 saturated heterocycles. The zero-order chi connectivity index (χ0) is 14.9. The molecular weight excluding hydrogens is 256 g/mol. The molecule has 0 aliphatic heterocycles. The molecule has 0 fully saturated rings. The van der Waals surface area contributed by atoms with E-state index in [-0.39, 0.29) is 0 Å². The van der Waals surface area contributed by atoms with Crippen LogP contribution in [0.3, 0.4) is 0 Å². The first-order valence-corrected chi connectivity index (χ1v) is 8.03. The van der Waals surface area contributed by atoms with Crippen LogP contribution in [0.25, 0.3) is 0 Å². The van der Waals surface area contributed by atoms with Gasteiger partial charge in [-0.15, -0.1) is 0 Å². The number of rotatable bonds is 8. The second-order valence-electron chi connectivity index (χ2n) is 5.51. The van der Waals surface area contributed by atoms with Crippen molar-refractivity contribution in [1.82, 2.24) is 10.3 Å². The molecule has 2 aromatic rings. The molecule has 2 heteroatoms. The summed E-state index contributed by atoms with van der Waals surface area (Å²) >= 11 is 0. The van der Waals surface area contributed by atoms with E-state index in [2.05, 4.69) is 66.6 Å². The van der Waals surface area contributed by atoms with Crippen LogP contribution in [-0.2, 0) is 6.42 Å². The number of benzene rings is 1. The zero-order valence-electron chi connectivity index (χ0n) is 13.1. The molecule has 2 unspecified atom stereocenters. The largest absolute Gasteiger partial charge is 0.313 e. The lowest BCUT2D eigenvalue weighted by atomic mass is 9.86. The molecular formula is C19H26N2. The molecule has 0 amide bonds. The molecule has 0 bridgehead atoms. The predicted octanol–water partition coefficient (Wildman–Crippen LogP) is 4.19. The van der Waals surface area contributed by atoms with Crippen molar-refractivity contribution in [3.05, 3.63) is 66.0 Å². The standard InChI is InChI=1S/C19H26N2/c1-3-13-21-19(15-17-12-8-9-14-20-17)18(4-2)16-10-6-5-7-11-16/h5-12,14,18-19,21H,3-4,13,15H2,1-2H3. The van der Waals surface area contributed by atoms with E-state index in [1.165, 1.54) is 11.3 Å². The molecule has 2 nitrogen and oxygen atoms in total. The molecule has 0 spiro atoms. The Labute approximate surface area is 128 Å². The predicted molar refractivity (Wildman–Crippen MR) is 89.5 cm³/mol. The molecule has 1 aromatic carbocycles. The van der Waals surface area contributed by atoms with Gasteiger partial charge in [-0.25, -0.2) is 0 Å². The first kappa shape index (κ1) is 15.7. The summed E-state index contributed by atoms with van der Waals surface area (Å²) in [4.78, 5) is 4.50. The van der Waals surface area contributed by atoms with E-state index in [0.717, 1.165) is 25.8 Å². The minimum Gasteiger partial charge on any atom is -0.313 e. The average Bonchev–Trinajstić information content (AvgIpc) is 2.55. The van der Waals surface area contributed by atoms with Crippen LogP contribution >= 0.6 is 0 Å². The van der Waals surface area contributed by atoms with Gasteiger partial charge in [0.25, 0.3) is 0 Å². The summed E-state index contributed by atoms with van der Waals surface area (Å²) in [6.07, 6.45) is 5.16. The fourth-order valence-corrected chi connectivity index (χ4v) is 2.88. The summed E-state index contributed by atoms with van der Waals surface area (Å²) in [5, 5.41) is 3.73. The number of aromatic nitrogens is 1. The Balaban J connectivity index is 2.17. The first-order valence-electron chi connectivity index (χ1n) is 8.03. The Bertz CT molecular complexity index is 495. The van der Waals surface area contributed by atoms with Crippen LogP contribution in [0, 0.1) is 0 Å². The SMILES string of the molecule is CCCNC(Cc1ccccn1)C(CC)c1ccccc1. The summed E-state index contributed by atoms with van der Waals surface area (Å²) in [5.74, 6) is 0.528. The fraction of sp³-hybridized carbons (Fsp3) is 0.421. The van der Waals surface area contributed by atoms with Gasteiger partial charge in [0.05, 0.1) is 0 Å². The zero-order valence-corrected chi connectivity index (χ0v) is 13.1. The maximum atomic E-state index is 4.50. The Morgan fingerprint density at radius 2 is 1.76 bits per heavy atom. The van der Waals surface area contributed by atoms with Crippen molar-refractivity contribution < 1.29 is 0 Å². The van der Waals surface area contributed by atoms with Crippen molar-refractivity contribution in [2.24, 2.45) is 0 Å². The maximum absolute atomic E-state index is 4.50. The number of hydrogen-bond acceptors (Lipinski definition) is 2. The van der Waals surface area contributed by atoms with Gasteiger partial charge >= 0.3 is 0 Å². The number of nitrogens with zero attached hydrogens (tertiary/aromatic N) is 1. The number of hydrogen-bond donors (Lipinski definition) is 1. The summed E-state index contributed by atoms with van der Waals surface area (Å²) in [7, 11) is 0. The van der Waals surface area contributed by atoms with Crippen molar-refractivity contribution in [3.8, 4) is 0 Å². The second kappa shape index (κ2) is 8.58. The molecule has 1 aromatic heterocycles. The maximum Gasteiger partial charge on any atom is 0.0419 e. The normalized spacial score (nSPS) is 13.8. The molecule has 112 valence electrons. The Kier molecular flexibility index (Phi) is 6.42. The van der Waals surface area contributed by atoms with Gasteiger partial charge in [-0.1, -0.05) is 50.2 Å². The quantitative estimate of drug-likeness (QED) is 0.785. The van der Waals surface area contributed by atoms with Crippen LogP contribution in [0.15, 0.2) is 54.7 Å². The van der Waals surface area contributed by atoms with Crippen LogP contribution in [0.1, 0.15) is 43.9 Å². The number of pyridine rings is 1. The van der Waals surface area contributed by atoms with Gasteiger partial charge in [-0.2, -0.15) is 0 Å². The van der Waals surface area contributed by atoms with Crippen molar-refractivity contribution in [2.75, 3.05) is 6.54 Å². The van der Waals surface area contributed by atoms with E-state index in [4.69, 9.17) is 0 Å². The van der Waals surface area contributed by atoms with Crippen molar-refractivity contribution in [3.63, 3.8) is 0 Å². The van der Waals surface area contributed by atoms with Crippen LogP contribution in [-0.4, -0.2) is 17.6 Å². The van der Waals surface area contributed by atoms with Gasteiger partial charge < -0.3 is 5.32 Å². The van der Waals surface area contributed by atoms with E-state index in [1.54, 1.807) is 0 Å². The van der Waals surface area contributed by atoms with E-state index in [1.807, 2.05) is 12.3 Å². The highest BCUT2D eigenvalue weighted by molar-refractivity contribution is 5.22. The summed E-state index contributed by atoms with van der Waals surface area (Å²) in [6, 6.07) is 17.5. The fourth-order valence-electron chi connectivity index (χ4n) is 2.88. The lowest BCUT2D eigenvalue weighted by Crippen LogP contribution is -2.37. The van der Waals surface area contributed by atoms with E-state index < -0.39 is 0 Å². The smallest absolute Gasteiger partial charge is 0.0419 e. The molecule has 0 radical (unpaired) electrons. The van der Waals surface area contributed by atoms with Crippen LogP contribution in [0.5, 0.6) is 0 Å². The highest BCUT2D eigenvalue weighted by Gasteiger charge is 2.21. The lowest BCUT2D eigenvalue weighted by Gasteiger charge is -2.28. The Morgan fingerprint density at radius 1 is 1.00 bits per heavy atom. The van der Waals surface area contributed by atoms with Gasteiger partial charge in [0.15, 0.2) is 0 Å². The topological polar surface area (TPSA) is 24.9 Å². The van der Waals surface area contributed by atoms with Crippen molar-refractivity contribution in [2.45, 2.75) is 45.1 Å². The molecule has 0 aliphatic rings. The third-order valence-corrected chi connectivity index (χ3v) is 3.96. The van der Waals surface area contributed by atoms with Gasteiger partial charge in [0.1, 0.15) is 0 Å². The Hall–Kier alpha value is -1.67. The minimum absolute atomic E-state index is 0.437. The van der Waals surface area contributed by atoms with Crippen LogP contribution in [0.4, 0.5) is 0 Å². The van der Waals surface area contributed by atoms with Gasteiger partial charge in [0.2, 0.25) is 0 Å². The Morgan fingerprint density at radius 3 is 2.38 bits per heavy atom. The summed E-state index contributed by atoms with van der Waals surface area (Å²) in [6.45, 7) is 5.55. The van der Waals surface area contributed by atoms with Crippen LogP contribution < -0.4 is 5.32 Å². The highest BCUT2D eigenvalue weighted by Crippen LogP contribution is 2.25. The van der Waals surface area contributed by atoms with Gasteiger partial charge in [-0.05, 0) is 43.0 Å². The van der Waals surface area contributed by atoms with Gasteiger partial charge in [-0.3, -0.25) is 4.98 Å². The monoisotopic (exact) mass is 282 g/mol. The molecule has 0 saturated carbocycles. The average molecular weight is 282 g/mol. The van der Waals surface area contributed by atoms with Gasteiger partial charge in [0, 0.05) is 24.4 Å². The third kappa shape index (κ3) is 4.68.